The quantitative estimate of drug-likeness (QED) is 0.718. The van der Waals surface area contributed by atoms with Gasteiger partial charge in [0.05, 0.1) is 42.1 Å². The lowest BCUT2D eigenvalue weighted by Crippen LogP contribution is -2.26. The second-order valence-electron chi connectivity index (χ2n) is 8.22. The summed E-state index contributed by atoms with van der Waals surface area (Å²) in [5.41, 5.74) is 1.40. The highest BCUT2D eigenvalue weighted by atomic mass is 16.5. The third-order valence-corrected chi connectivity index (χ3v) is 5.62. The number of anilines is 1. The summed E-state index contributed by atoms with van der Waals surface area (Å²) in [4.78, 5) is 19.1. The summed E-state index contributed by atoms with van der Waals surface area (Å²) in [7, 11) is 0. The molecule has 0 radical (unpaired) electrons. The van der Waals surface area contributed by atoms with E-state index in [2.05, 4.69) is 16.1 Å². The molecule has 0 bridgehead atoms. The molecule has 1 aliphatic heterocycles. The third kappa shape index (κ3) is 3.47. The van der Waals surface area contributed by atoms with Crippen molar-refractivity contribution in [2.45, 2.75) is 39.2 Å². The molecule has 2 fully saturated rings. The number of aromatic nitrogens is 3. The van der Waals surface area contributed by atoms with E-state index in [0.717, 1.165) is 42.0 Å². The van der Waals surface area contributed by atoms with Gasteiger partial charge >= 0.3 is 5.97 Å². The number of hydrogen-bond acceptors (Lipinski definition) is 6. The standard InChI is InChI=1S/C21H25N5O2/c1-4-28-20(27)17-8-23-26(12-17)11-14-5-6-18(24-19(14)21(2,3)13-22)25-9-15-7-16(15)10-25/h5-6,8,12,15-16H,4,7,9-11H2,1-3H3. The van der Waals surface area contributed by atoms with Crippen molar-refractivity contribution in [3.8, 4) is 6.07 Å². The van der Waals surface area contributed by atoms with E-state index in [1.54, 1.807) is 17.8 Å². The van der Waals surface area contributed by atoms with Gasteiger partial charge < -0.3 is 9.64 Å². The second-order valence-corrected chi connectivity index (χ2v) is 8.22. The minimum atomic E-state index is -0.717. The number of nitrogens with zero attached hydrogens (tertiary/aromatic N) is 5. The van der Waals surface area contributed by atoms with Gasteiger partial charge in [-0.05, 0) is 50.7 Å². The molecule has 2 unspecified atom stereocenters. The number of piperidine rings is 1. The lowest BCUT2D eigenvalue weighted by atomic mass is 9.87. The van der Waals surface area contributed by atoms with Crippen molar-refractivity contribution >= 4 is 11.8 Å². The zero-order valence-corrected chi connectivity index (χ0v) is 16.6. The molecule has 2 aromatic heterocycles. The van der Waals surface area contributed by atoms with E-state index in [0.29, 0.717) is 18.7 Å². The highest BCUT2D eigenvalue weighted by Gasteiger charge is 2.45. The number of hydrogen-bond donors (Lipinski definition) is 0. The number of carbonyl (C=O) groups excluding carboxylic acids is 1. The van der Waals surface area contributed by atoms with Crippen LogP contribution in [-0.2, 0) is 16.7 Å². The number of pyridine rings is 1. The first-order chi connectivity index (χ1) is 13.4. The van der Waals surface area contributed by atoms with Gasteiger partial charge in [-0.25, -0.2) is 9.78 Å². The summed E-state index contributed by atoms with van der Waals surface area (Å²) in [5.74, 6) is 2.20. The first-order valence-corrected chi connectivity index (χ1v) is 9.77. The predicted molar refractivity (Wildman–Crippen MR) is 104 cm³/mol. The fourth-order valence-electron chi connectivity index (χ4n) is 3.91. The first kappa shape index (κ1) is 18.5. The average molecular weight is 379 g/mol. The van der Waals surface area contributed by atoms with E-state index >= 15 is 0 Å². The van der Waals surface area contributed by atoms with Crippen molar-refractivity contribution < 1.29 is 9.53 Å². The van der Waals surface area contributed by atoms with E-state index in [9.17, 15) is 10.1 Å². The zero-order valence-electron chi connectivity index (χ0n) is 16.6. The van der Waals surface area contributed by atoms with Crippen LogP contribution in [0.25, 0.3) is 0 Å². The molecule has 0 N–H and O–H groups in total. The van der Waals surface area contributed by atoms with Crippen molar-refractivity contribution in [1.29, 1.82) is 5.26 Å². The highest BCUT2D eigenvalue weighted by molar-refractivity contribution is 5.88. The Bertz CT molecular complexity index is 933. The normalized spacial score (nSPS) is 20.6. The summed E-state index contributed by atoms with van der Waals surface area (Å²) in [5, 5.41) is 14.0. The Morgan fingerprint density at radius 2 is 2.11 bits per heavy atom. The van der Waals surface area contributed by atoms with E-state index < -0.39 is 5.41 Å². The van der Waals surface area contributed by atoms with Crippen LogP contribution in [0, 0.1) is 23.2 Å². The first-order valence-electron chi connectivity index (χ1n) is 9.77. The number of ether oxygens (including phenoxy) is 1. The smallest absolute Gasteiger partial charge is 0.341 e. The van der Waals surface area contributed by atoms with E-state index in [1.807, 2.05) is 26.0 Å². The second kappa shape index (κ2) is 6.93. The Labute approximate surface area is 164 Å². The molecule has 1 saturated heterocycles. The largest absolute Gasteiger partial charge is 0.462 e. The van der Waals surface area contributed by atoms with E-state index in [4.69, 9.17) is 9.72 Å². The fourth-order valence-corrected chi connectivity index (χ4v) is 3.91. The SMILES string of the molecule is CCOC(=O)c1cnn(Cc2ccc(N3CC4CC4C3)nc2C(C)(C)C#N)c1. The maximum atomic E-state index is 11.9. The van der Waals surface area contributed by atoms with Crippen molar-refractivity contribution in [1.82, 2.24) is 14.8 Å². The van der Waals surface area contributed by atoms with Gasteiger partial charge in [0, 0.05) is 19.3 Å². The van der Waals surface area contributed by atoms with Gasteiger partial charge in [-0.3, -0.25) is 4.68 Å². The molecule has 4 rings (SSSR count). The van der Waals surface area contributed by atoms with Gasteiger partial charge in [0.25, 0.3) is 0 Å². The lowest BCUT2D eigenvalue weighted by Gasteiger charge is -2.24. The van der Waals surface area contributed by atoms with Gasteiger partial charge in [0.2, 0.25) is 0 Å². The lowest BCUT2D eigenvalue weighted by molar-refractivity contribution is 0.0526. The molecule has 2 aromatic rings. The van der Waals surface area contributed by atoms with Crippen LogP contribution in [0.1, 0.15) is 48.8 Å². The van der Waals surface area contributed by atoms with E-state index in [1.165, 1.54) is 12.6 Å². The van der Waals surface area contributed by atoms with Crippen LogP contribution in [-0.4, -0.2) is 40.4 Å². The van der Waals surface area contributed by atoms with Crippen LogP contribution in [0.5, 0.6) is 0 Å². The van der Waals surface area contributed by atoms with Crippen LogP contribution >= 0.6 is 0 Å². The molecule has 3 heterocycles. The monoisotopic (exact) mass is 379 g/mol. The maximum Gasteiger partial charge on any atom is 0.341 e. The van der Waals surface area contributed by atoms with Gasteiger partial charge in [0.1, 0.15) is 5.82 Å². The average Bonchev–Trinajstić information content (AvgIpc) is 3.07. The topological polar surface area (TPSA) is 84.0 Å². The molecule has 7 nitrogen and oxygen atoms in total. The number of rotatable bonds is 6. The third-order valence-electron chi connectivity index (χ3n) is 5.62. The molecule has 28 heavy (non-hydrogen) atoms. The van der Waals surface area contributed by atoms with Gasteiger partial charge in [-0.1, -0.05) is 6.07 Å². The Hall–Kier alpha value is -2.88. The number of nitriles is 1. The minimum Gasteiger partial charge on any atom is -0.462 e. The molecule has 0 spiro atoms. The summed E-state index contributed by atoms with van der Waals surface area (Å²) < 4.78 is 6.70. The fraction of sp³-hybridized carbons (Fsp3) is 0.524. The van der Waals surface area contributed by atoms with Gasteiger partial charge in [0.15, 0.2) is 0 Å². The summed E-state index contributed by atoms with van der Waals surface area (Å²) in [6, 6.07) is 6.44. The molecular formula is C21H25N5O2. The Balaban J connectivity index is 1.61. The van der Waals surface area contributed by atoms with Crippen LogP contribution in [0.3, 0.4) is 0 Å². The molecule has 2 aliphatic rings. The number of esters is 1. The highest BCUT2D eigenvalue weighted by Crippen LogP contribution is 2.46. The molecule has 146 valence electrons. The number of carbonyl (C=O) groups is 1. The van der Waals surface area contributed by atoms with Gasteiger partial charge in [-0.15, -0.1) is 0 Å². The predicted octanol–water partition coefficient (Wildman–Crippen LogP) is 2.76. The molecule has 0 aromatic carbocycles. The minimum absolute atomic E-state index is 0.327. The number of fused-ring (bicyclic) bond motifs is 1. The van der Waals surface area contributed by atoms with Crippen LogP contribution < -0.4 is 4.90 Å². The molecule has 7 heteroatoms. The molecule has 0 amide bonds. The van der Waals surface area contributed by atoms with Crippen molar-refractivity contribution in [3.63, 3.8) is 0 Å². The zero-order chi connectivity index (χ0) is 19.9. The van der Waals surface area contributed by atoms with Crippen molar-refractivity contribution in [3.05, 3.63) is 41.3 Å². The van der Waals surface area contributed by atoms with Crippen LogP contribution in [0.2, 0.25) is 0 Å². The Kier molecular flexibility index (Phi) is 4.58. The summed E-state index contributed by atoms with van der Waals surface area (Å²) >= 11 is 0. The Morgan fingerprint density at radius 3 is 2.79 bits per heavy atom. The van der Waals surface area contributed by atoms with Crippen LogP contribution in [0.4, 0.5) is 5.82 Å². The van der Waals surface area contributed by atoms with E-state index in [-0.39, 0.29) is 5.97 Å². The van der Waals surface area contributed by atoms with Gasteiger partial charge in [-0.2, -0.15) is 10.4 Å². The molecule has 1 saturated carbocycles. The van der Waals surface area contributed by atoms with Crippen molar-refractivity contribution in [2.75, 3.05) is 24.6 Å². The summed E-state index contributed by atoms with van der Waals surface area (Å²) in [6.45, 7) is 8.44. The molecule has 1 aliphatic carbocycles. The Morgan fingerprint density at radius 1 is 1.36 bits per heavy atom. The van der Waals surface area contributed by atoms with Crippen molar-refractivity contribution in [2.24, 2.45) is 11.8 Å². The maximum absolute atomic E-state index is 11.9. The molecule has 2 atom stereocenters. The van der Waals surface area contributed by atoms with Crippen LogP contribution in [0.15, 0.2) is 24.5 Å². The summed E-state index contributed by atoms with van der Waals surface area (Å²) in [6.07, 6.45) is 4.52. The molecular weight excluding hydrogens is 354 g/mol.